The standard InChI is InChI=1S/C27H21NS/c1-27(2)22-9-5-3-7-18(22)21-14-13-17(26(28)25(21)27)16-11-12-20-19-8-4-6-10-23(19)29-24(20)15-16/h3-15H,28H2,1-2H3. The second kappa shape index (κ2) is 5.71. The summed E-state index contributed by atoms with van der Waals surface area (Å²) in [7, 11) is 0. The number of anilines is 1. The van der Waals surface area contributed by atoms with E-state index < -0.39 is 0 Å². The number of benzene rings is 4. The fourth-order valence-corrected chi connectivity index (χ4v) is 6.21. The number of hydrogen-bond acceptors (Lipinski definition) is 2. The van der Waals surface area contributed by atoms with E-state index in [0.717, 1.165) is 11.3 Å². The molecule has 29 heavy (non-hydrogen) atoms. The minimum atomic E-state index is -0.0895. The van der Waals surface area contributed by atoms with Gasteiger partial charge in [-0.1, -0.05) is 80.6 Å². The van der Waals surface area contributed by atoms with Gasteiger partial charge in [-0.05, 0) is 39.9 Å². The Morgan fingerprint density at radius 3 is 2.31 bits per heavy atom. The highest BCUT2D eigenvalue weighted by Crippen LogP contribution is 2.53. The third kappa shape index (κ3) is 2.21. The first-order valence-corrected chi connectivity index (χ1v) is 10.8. The Hall–Kier alpha value is -3.10. The van der Waals surface area contributed by atoms with Crippen molar-refractivity contribution in [3.63, 3.8) is 0 Å². The van der Waals surface area contributed by atoms with Crippen LogP contribution in [0.2, 0.25) is 0 Å². The molecule has 5 aromatic rings. The molecule has 0 saturated heterocycles. The van der Waals surface area contributed by atoms with E-state index in [1.54, 1.807) is 0 Å². The third-order valence-corrected chi connectivity index (χ3v) is 7.58. The molecule has 0 atom stereocenters. The van der Waals surface area contributed by atoms with Gasteiger partial charge in [-0.15, -0.1) is 11.3 Å². The number of nitrogen functional groups attached to an aromatic ring is 1. The first kappa shape index (κ1) is 16.8. The number of rotatable bonds is 1. The lowest BCUT2D eigenvalue weighted by Crippen LogP contribution is -2.17. The predicted octanol–water partition coefficient (Wildman–Crippen LogP) is 7.61. The Kier molecular flexibility index (Phi) is 3.31. The molecule has 1 aliphatic rings. The molecule has 0 unspecified atom stereocenters. The molecule has 0 saturated carbocycles. The maximum atomic E-state index is 6.84. The number of nitrogens with two attached hydrogens (primary N) is 1. The fraction of sp³-hybridized carbons (Fsp3) is 0.111. The van der Waals surface area contributed by atoms with Gasteiger partial charge in [0.15, 0.2) is 0 Å². The van der Waals surface area contributed by atoms with Crippen molar-refractivity contribution >= 4 is 37.2 Å². The summed E-state index contributed by atoms with van der Waals surface area (Å²) in [4.78, 5) is 0. The third-order valence-electron chi connectivity index (χ3n) is 6.45. The quantitative estimate of drug-likeness (QED) is 0.292. The van der Waals surface area contributed by atoms with Crippen LogP contribution in [0.4, 0.5) is 5.69 Å². The number of fused-ring (bicyclic) bond motifs is 6. The van der Waals surface area contributed by atoms with Crippen molar-refractivity contribution in [3.8, 4) is 22.3 Å². The van der Waals surface area contributed by atoms with Gasteiger partial charge in [0.25, 0.3) is 0 Å². The normalized spacial score (nSPS) is 14.3. The van der Waals surface area contributed by atoms with Crippen LogP contribution >= 0.6 is 11.3 Å². The van der Waals surface area contributed by atoms with Gasteiger partial charge >= 0.3 is 0 Å². The molecule has 140 valence electrons. The van der Waals surface area contributed by atoms with Crippen molar-refractivity contribution < 1.29 is 0 Å². The van der Waals surface area contributed by atoms with Crippen molar-refractivity contribution in [3.05, 3.63) is 90.0 Å². The summed E-state index contributed by atoms with van der Waals surface area (Å²) in [5.74, 6) is 0. The summed E-state index contributed by atoms with van der Waals surface area (Å²) in [5.41, 5.74) is 15.2. The first-order valence-electron chi connectivity index (χ1n) is 10.0. The van der Waals surface area contributed by atoms with Gasteiger partial charge in [-0.25, -0.2) is 0 Å². The van der Waals surface area contributed by atoms with Gasteiger partial charge in [-0.3, -0.25) is 0 Å². The van der Waals surface area contributed by atoms with Gasteiger partial charge in [0, 0.05) is 36.8 Å². The van der Waals surface area contributed by atoms with E-state index in [2.05, 4.69) is 92.7 Å². The summed E-state index contributed by atoms with van der Waals surface area (Å²) >= 11 is 1.85. The van der Waals surface area contributed by atoms with E-state index in [1.807, 2.05) is 11.3 Å². The maximum Gasteiger partial charge on any atom is 0.0441 e. The Labute approximate surface area is 174 Å². The lowest BCUT2D eigenvalue weighted by Gasteiger charge is -2.24. The smallest absolute Gasteiger partial charge is 0.0441 e. The van der Waals surface area contributed by atoms with E-state index in [-0.39, 0.29) is 5.41 Å². The van der Waals surface area contributed by atoms with E-state index in [9.17, 15) is 0 Å². The van der Waals surface area contributed by atoms with E-state index in [1.165, 1.54) is 48.0 Å². The SMILES string of the molecule is CC1(C)c2ccccc2-c2ccc(-c3ccc4c(c3)sc3ccccc34)c(N)c21. The topological polar surface area (TPSA) is 26.0 Å². The molecule has 0 radical (unpaired) electrons. The van der Waals surface area contributed by atoms with Crippen LogP contribution in [0.3, 0.4) is 0 Å². The zero-order valence-electron chi connectivity index (χ0n) is 16.5. The van der Waals surface area contributed by atoms with Crippen LogP contribution in [0.15, 0.2) is 78.9 Å². The second-order valence-electron chi connectivity index (χ2n) is 8.43. The van der Waals surface area contributed by atoms with Gasteiger partial charge < -0.3 is 5.73 Å². The van der Waals surface area contributed by atoms with Crippen molar-refractivity contribution in [2.24, 2.45) is 0 Å². The van der Waals surface area contributed by atoms with Crippen molar-refractivity contribution in [2.75, 3.05) is 5.73 Å². The van der Waals surface area contributed by atoms with Crippen LogP contribution in [0.5, 0.6) is 0 Å². The molecule has 6 rings (SSSR count). The molecule has 1 aliphatic carbocycles. The van der Waals surface area contributed by atoms with Crippen molar-refractivity contribution in [2.45, 2.75) is 19.3 Å². The summed E-state index contributed by atoms with van der Waals surface area (Å²) in [6.07, 6.45) is 0. The molecule has 0 fully saturated rings. The maximum absolute atomic E-state index is 6.84. The van der Waals surface area contributed by atoms with Crippen LogP contribution in [0.25, 0.3) is 42.4 Å². The highest BCUT2D eigenvalue weighted by Gasteiger charge is 2.37. The van der Waals surface area contributed by atoms with Gasteiger partial charge in [-0.2, -0.15) is 0 Å². The van der Waals surface area contributed by atoms with Gasteiger partial charge in [0.05, 0.1) is 0 Å². The Morgan fingerprint density at radius 2 is 1.41 bits per heavy atom. The fourth-order valence-electron chi connectivity index (χ4n) is 5.06. The van der Waals surface area contributed by atoms with E-state index in [4.69, 9.17) is 5.73 Å². The number of thiophene rings is 1. The average Bonchev–Trinajstić information content (AvgIpc) is 3.21. The molecule has 0 aliphatic heterocycles. The monoisotopic (exact) mass is 391 g/mol. The van der Waals surface area contributed by atoms with Gasteiger partial charge in [0.2, 0.25) is 0 Å². The lowest BCUT2D eigenvalue weighted by molar-refractivity contribution is 0.663. The van der Waals surface area contributed by atoms with Crippen LogP contribution < -0.4 is 5.73 Å². The van der Waals surface area contributed by atoms with Gasteiger partial charge in [0.1, 0.15) is 0 Å². The molecule has 2 heteroatoms. The molecule has 0 spiro atoms. The molecular formula is C27H21NS. The van der Waals surface area contributed by atoms with Crippen molar-refractivity contribution in [1.29, 1.82) is 0 Å². The molecule has 1 aromatic heterocycles. The lowest BCUT2D eigenvalue weighted by atomic mass is 9.80. The second-order valence-corrected chi connectivity index (χ2v) is 9.51. The van der Waals surface area contributed by atoms with E-state index in [0.29, 0.717) is 0 Å². The van der Waals surface area contributed by atoms with Crippen LogP contribution in [0, 0.1) is 0 Å². The first-order chi connectivity index (χ1) is 14.1. The molecule has 2 N–H and O–H groups in total. The minimum absolute atomic E-state index is 0.0895. The molecule has 0 bridgehead atoms. The molecule has 4 aromatic carbocycles. The molecule has 1 heterocycles. The largest absolute Gasteiger partial charge is 0.398 e. The predicted molar refractivity (Wildman–Crippen MR) is 127 cm³/mol. The van der Waals surface area contributed by atoms with Crippen LogP contribution in [0.1, 0.15) is 25.0 Å². The highest BCUT2D eigenvalue weighted by molar-refractivity contribution is 7.25. The zero-order valence-corrected chi connectivity index (χ0v) is 17.3. The molecule has 0 amide bonds. The van der Waals surface area contributed by atoms with E-state index >= 15 is 0 Å². The summed E-state index contributed by atoms with van der Waals surface area (Å²) < 4.78 is 2.64. The summed E-state index contributed by atoms with van der Waals surface area (Å²) in [6, 6.07) is 28.5. The molecule has 1 nitrogen and oxygen atoms in total. The zero-order chi connectivity index (χ0) is 19.8. The summed E-state index contributed by atoms with van der Waals surface area (Å²) in [5, 5.41) is 2.65. The Morgan fingerprint density at radius 1 is 0.690 bits per heavy atom. The average molecular weight is 392 g/mol. The van der Waals surface area contributed by atoms with Crippen LogP contribution in [-0.2, 0) is 5.41 Å². The minimum Gasteiger partial charge on any atom is -0.398 e. The van der Waals surface area contributed by atoms with Crippen LogP contribution in [-0.4, -0.2) is 0 Å². The highest BCUT2D eigenvalue weighted by atomic mass is 32.1. The summed E-state index contributed by atoms with van der Waals surface area (Å²) in [6.45, 7) is 4.57. The Bertz CT molecular complexity index is 1440. The number of hydrogen-bond donors (Lipinski definition) is 1. The molecular weight excluding hydrogens is 370 g/mol. The van der Waals surface area contributed by atoms with Crippen molar-refractivity contribution in [1.82, 2.24) is 0 Å². The Balaban J connectivity index is 1.58.